The first-order valence-electron chi connectivity index (χ1n) is 14.2. The van der Waals surface area contributed by atoms with Gasteiger partial charge in [-0.05, 0) is 93.3 Å². The van der Waals surface area contributed by atoms with Gasteiger partial charge in [0, 0.05) is 17.8 Å². The molecule has 11 nitrogen and oxygen atoms in total. The van der Waals surface area contributed by atoms with E-state index in [0.717, 1.165) is 18.2 Å². The van der Waals surface area contributed by atoms with E-state index in [2.05, 4.69) is 10.6 Å². The Hall–Kier alpha value is -4.72. The minimum Gasteiger partial charge on any atom is -0.491 e. The molecular weight excluding hydrogens is 610 g/mol. The Kier molecular flexibility index (Phi) is 9.96. The molecule has 0 aliphatic carbocycles. The smallest absolute Gasteiger partial charge is 0.409 e. The molecule has 0 bridgehead atoms. The van der Waals surface area contributed by atoms with Crippen LogP contribution in [0.5, 0.6) is 5.75 Å². The molecule has 0 aromatic heterocycles. The fourth-order valence-corrected chi connectivity index (χ4v) is 6.53. The van der Waals surface area contributed by atoms with E-state index in [-0.39, 0.29) is 51.9 Å². The molecule has 0 spiro atoms. The molecule has 240 valence electrons. The van der Waals surface area contributed by atoms with Gasteiger partial charge < -0.3 is 25.8 Å². The van der Waals surface area contributed by atoms with Crippen molar-refractivity contribution in [3.05, 3.63) is 82.9 Å². The maximum atomic E-state index is 15.0. The molecule has 0 radical (unpaired) electrons. The zero-order chi connectivity index (χ0) is 33.1. The molecular formula is C31H34F2N4O7S. The third kappa shape index (κ3) is 7.17. The molecule has 4 rings (SSSR count). The molecule has 1 heterocycles. The lowest BCUT2D eigenvalue weighted by Gasteiger charge is -2.32. The summed E-state index contributed by atoms with van der Waals surface area (Å²) >= 11 is 0. The number of ether oxygens (including phenoxy) is 1. The lowest BCUT2D eigenvalue weighted by molar-refractivity contribution is -0.133. The Morgan fingerprint density at radius 1 is 1.07 bits per heavy atom. The van der Waals surface area contributed by atoms with Crippen molar-refractivity contribution in [2.75, 3.05) is 23.8 Å². The zero-order valence-electron chi connectivity index (χ0n) is 24.8. The van der Waals surface area contributed by atoms with E-state index in [9.17, 15) is 32.3 Å². The van der Waals surface area contributed by atoms with Crippen molar-refractivity contribution in [3.8, 4) is 5.75 Å². The summed E-state index contributed by atoms with van der Waals surface area (Å²) in [5, 5.41) is 13.5. The highest BCUT2D eigenvalue weighted by molar-refractivity contribution is 7.92. The van der Waals surface area contributed by atoms with Gasteiger partial charge in [0.25, 0.3) is 0 Å². The highest BCUT2D eigenvalue weighted by Crippen LogP contribution is 2.40. The van der Waals surface area contributed by atoms with Gasteiger partial charge in [0.1, 0.15) is 11.9 Å². The van der Waals surface area contributed by atoms with Crippen LogP contribution in [0.25, 0.3) is 0 Å². The van der Waals surface area contributed by atoms with Gasteiger partial charge in [-0.25, -0.2) is 22.0 Å². The molecule has 14 heteroatoms. The molecule has 1 aliphatic heterocycles. The second-order valence-electron chi connectivity index (χ2n) is 10.7. The summed E-state index contributed by atoms with van der Waals surface area (Å²) in [5.74, 6) is -3.05. The fourth-order valence-electron chi connectivity index (χ4n) is 5.24. The van der Waals surface area contributed by atoms with Crippen molar-refractivity contribution in [3.63, 3.8) is 0 Å². The summed E-state index contributed by atoms with van der Waals surface area (Å²) < 4.78 is 61.7. The number of anilines is 2. The van der Waals surface area contributed by atoms with Gasteiger partial charge in [-0.1, -0.05) is 6.07 Å². The molecule has 1 aliphatic rings. The number of nitrogens with one attached hydrogen (secondary N) is 2. The number of hydrogen-bond acceptors (Lipinski definition) is 7. The average molecular weight is 645 g/mol. The van der Waals surface area contributed by atoms with Gasteiger partial charge in [0.15, 0.2) is 21.4 Å². The van der Waals surface area contributed by atoms with E-state index in [1.807, 2.05) is 0 Å². The third-order valence-corrected chi connectivity index (χ3v) is 9.70. The lowest BCUT2D eigenvalue weighted by atomic mass is 10.0. The molecule has 5 N–H and O–H groups in total. The van der Waals surface area contributed by atoms with Crippen LogP contribution < -0.4 is 21.1 Å². The van der Waals surface area contributed by atoms with Crippen LogP contribution in [-0.2, 0) is 14.6 Å². The van der Waals surface area contributed by atoms with Crippen molar-refractivity contribution in [1.29, 1.82) is 0 Å². The molecule has 3 aromatic carbocycles. The SMILES string of the molecule is CCOc1cc([C@H](Nc2cc(C(N)=O)ccc2F)C(=O)N2CCC[C@@H]2c2cc(NC(=O)O)ccc2S(=O)(=O)C(C)C)ccc1F. The molecule has 1 saturated heterocycles. The molecule has 3 amide bonds. The van der Waals surface area contributed by atoms with Crippen LogP contribution >= 0.6 is 0 Å². The molecule has 2 atom stereocenters. The number of sulfone groups is 1. The number of halogens is 2. The van der Waals surface area contributed by atoms with E-state index < -0.39 is 56.7 Å². The lowest BCUT2D eigenvalue weighted by Crippen LogP contribution is -2.38. The van der Waals surface area contributed by atoms with E-state index in [1.165, 1.54) is 55.1 Å². The fraction of sp³-hybridized carbons (Fsp3) is 0.323. The Morgan fingerprint density at radius 3 is 2.42 bits per heavy atom. The number of nitrogens with two attached hydrogens (primary N) is 1. The number of benzene rings is 3. The van der Waals surface area contributed by atoms with Crippen molar-refractivity contribution in [2.24, 2.45) is 5.73 Å². The topological polar surface area (TPSA) is 168 Å². The number of carboxylic acid groups (broad SMARTS) is 1. The van der Waals surface area contributed by atoms with Gasteiger partial charge >= 0.3 is 6.09 Å². The van der Waals surface area contributed by atoms with Gasteiger partial charge in [0.05, 0.1) is 28.5 Å². The van der Waals surface area contributed by atoms with Gasteiger partial charge in [-0.2, -0.15) is 0 Å². The maximum Gasteiger partial charge on any atom is 0.409 e. The van der Waals surface area contributed by atoms with Crippen LogP contribution in [0.3, 0.4) is 0 Å². The van der Waals surface area contributed by atoms with Crippen LogP contribution in [0.2, 0.25) is 0 Å². The van der Waals surface area contributed by atoms with Crippen molar-refractivity contribution < 1.29 is 41.4 Å². The van der Waals surface area contributed by atoms with Gasteiger partial charge in [0.2, 0.25) is 11.8 Å². The predicted molar refractivity (Wildman–Crippen MR) is 163 cm³/mol. The summed E-state index contributed by atoms with van der Waals surface area (Å²) in [4.78, 5) is 39.0. The number of hydrogen-bond donors (Lipinski definition) is 4. The summed E-state index contributed by atoms with van der Waals surface area (Å²) in [7, 11) is -3.88. The normalized spacial score (nSPS) is 15.5. The van der Waals surface area contributed by atoms with E-state index in [4.69, 9.17) is 10.5 Å². The summed E-state index contributed by atoms with van der Waals surface area (Å²) in [6.45, 7) is 4.99. The number of nitrogens with zero attached hydrogens (tertiary/aromatic N) is 1. The van der Waals surface area contributed by atoms with Crippen molar-refractivity contribution >= 4 is 39.1 Å². The van der Waals surface area contributed by atoms with E-state index >= 15 is 4.39 Å². The molecule has 45 heavy (non-hydrogen) atoms. The minimum atomic E-state index is -3.88. The van der Waals surface area contributed by atoms with E-state index in [0.29, 0.717) is 12.8 Å². The number of amides is 3. The minimum absolute atomic E-state index is 0.0236. The first kappa shape index (κ1) is 33.2. The summed E-state index contributed by atoms with van der Waals surface area (Å²) in [6, 6.07) is 8.98. The second-order valence-corrected chi connectivity index (χ2v) is 13.2. The average Bonchev–Trinajstić information content (AvgIpc) is 3.47. The van der Waals surface area contributed by atoms with Crippen molar-refractivity contribution in [2.45, 2.75) is 55.8 Å². The molecule has 0 unspecified atom stereocenters. The summed E-state index contributed by atoms with van der Waals surface area (Å²) in [5.41, 5.74) is 5.67. The largest absolute Gasteiger partial charge is 0.491 e. The Morgan fingerprint density at radius 2 is 1.78 bits per heavy atom. The van der Waals surface area contributed by atoms with Crippen LogP contribution in [0.15, 0.2) is 59.5 Å². The first-order chi connectivity index (χ1) is 21.2. The summed E-state index contributed by atoms with van der Waals surface area (Å²) in [6.07, 6.45) is -0.542. The standard InChI is InChI=1S/C31H34F2N4O7S/c1-4-44-26-15-18(7-11-23(26)33)28(36-24-14-19(29(34)38)8-10-22(24)32)30(39)37-13-5-6-25(37)21-16-20(35-31(40)41)9-12-27(21)45(42,43)17(2)3/h7-12,14-17,25,28,35-36H,4-6,13H2,1-3H3,(H2,34,38)(H,40,41)/t25-,28+/m1/s1. The Balaban J connectivity index is 1.85. The van der Waals surface area contributed by atoms with Crippen LogP contribution in [0, 0.1) is 11.6 Å². The Labute approximate surface area is 259 Å². The highest BCUT2D eigenvalue weighted by atomic mass is 32.2. The van der Waals surface area contributed by atoms with Gasteiger partial charge in [-0.15, -0.1) is 0 Å². The quantitative estimate of drug-likeness (QED) is 0.219. The first-order valence-corrected chi connectivity index (χ1v) is 15.8. The van der Waals surface area contributed by atoms with Crippen LogP contribution in [0.1, 0.15) is 67.2 Å². The number of carbonyl (C=O) groups is 3. The number of carbonyl (C=O) groups excluding carboxylic acids is 2. The predicted octanol–water partition coefficient (Wildman–Crippen LogP) is 5.25. The molecule has 3 aromatic rings. The highest BCUT2D eigenvalue weighted by Gasteiger charge is 2.38. The monoisotopic (exact) mass is 644 g/mol. The zero-order valence-corrected chi connectivity index (χ0v) is 25.7. The molecule has 1 fully saturated rings. The molecule has 0 saturated carbocycles. The number of primary amides is 1. The number of rotatable bonds is 11. The third-order valence-electron chi connectivity index (χ3n) is 7.47. The van der Waals surface area contributed by atoms with Crippen LogP contribution in [0.4, 0.5) is 25.0 Å². The van der Waals surface area contributed by atoms with Crippen LogP contribution in [-0.4, -0.2) is 54.7 Å². The number of likely N-dealkylation sites (tertiary alicyclic amines) is 1. The second kappa shape index (κ2) is 13.5. The Bertz CT molecular complexity index is 1730. The maximum absolute atomic E-state index is 15.0. The van der Waals surface area contributed by atoms with Crippen molar-refractivity contribution in [1.82, 2.24) is 4.90 Å². The van der Waals surface area contributed by atoms with Gasteiger partial charge in [-0.3, -0.25) is 14.9 Å². The van der Waals surface area contributed by atoms with E-state index in [1.54, 1.807) is 6.92 Å².